The van der Waals surface area contributed by atoms with Crippen molar-refractivity contribution in [2.45, 2.75) is 17.7 Å². The molecule has 7 heteroatoms. The predicted molar refractivity (Wildman–Crippen MR) is 76.8 cm³/mol. The summed E-state index contributed by atoms with van der Waals surface area (Å²) in [5.74, 6) is -0.488. The summed E-state index contributed by atoms with van der Waals surface area (Å²) in [6.07, 6.45) is 0. The first-order valence-electron chi connectivity index (χ1n) is 5.95. The monoisotopic (exact) mass is 315 g/mol. The van der Waals surface area contributed by atoms with Crippen LogP contribution in [0.15, 0.2) is 39.9 Å². The smallest absolute Gasteiger partial charge is 0.273 e. The number of sulfonamides is 1. The fraction of sp³-hybridized carbons (Fsp3) is 0.231. The van der Waals surface area contributed by atoms with Crippen LogP contribution < -0.4 is 4.31 Å². The minimum absolute atomic E-state index is 0.132. The second-order valence-electron chi connectivity index (χ2n) is 4.08. The highest BCUT2D eigenvalue weighted by Gasteiger charge is 2.25. The number of aliphatic hydroxyl groups is 1. The van der Waals surface area contributed by atoms with E-state index in [-0.39, 0.29) is 23.0 Å². The molecule has 1 heterocycles. The lowest BCUT2D eigenvalue weighted by molar-refractivity contribution is 0.282. The van der Waals surface area contributed by atoms with E-state index in [1.807, 2.05) is 0 Å². The molecule has 108 valence electrons. The van der Waals surface area contributed by atoms with Crippen LogP contribution in [0, 0.1) is 5.82 Å². The Balaban J connectivity index is 2.44. The van der Waals surface area contributed by atoms with Crippen molar-refractivity contribution < 1.29 is 17.9 Å². The van der Waals surface area contributed by atoms with E-state index in [1.165, 1.54) is 24.3 Å². The van der Waals surface area contributed by atoms with Gasteiger partial charge in [-0.25, -0.2) is 12.8 Å². The van der Waals surface area contributed by atoms with E-state index in [1.54, 1.807) is 18.4 Å². The largest absolute Gasteiger partial charge is 0.392 e. The third-order valence-electron chi connectivity index (χ3n) is 2.74. The molecule has 0 aliphatic carbocycles. The summed E-state index contributed by atoms with van der Waals surface area (Å²) in [5, 5.41) is 10.6. The molecule has 2 aromatic rings. The van der Waals surface area contributed by atoms with Gasteiger partial charge in [0.05, 0.1) is 12.3 Å². The van der Waals surface area contributed by atoms with Crippen LogP contribution in [0.25, 0.3) is 0 Å². The van der Waals surface area contributed by atoms with Crippen LogP contribution in [0.3, 0.4) is 0 Å². The van der Waals surface area contributed by atoms with E-state index in [2.05, 4.69) is 0 Å². The van der Waals surface area contributed by atoms with Gasteiger partial charge in [0.15, 0.2) is 0 Å². The van der Waals surface area contributed by atoms with Gasteiger partial charge in [0, 0.05) is 6.54 Å². The Kier molecular flexibility index (Phi) is 4.42. The Morgan fingerprint density at radius 1 is 1.35 bits per heavy atom. The lowest BCUT2D eigenvalue weighted by atomic mass is 10.3. The zero-order chi connectivity index (χ0) is 14.8. The molecule has 1 aromatic carbocycles. The maximum Gasteiger partial charge on any atom is 0.273 e. The second kappa shape index (κ2) is 5.90. The normalized spacial score (nSPS) is 11.6. The zero-order valence-corrected chi connectivity index (χ0v) is 12.4. The molecule has 4 nitrogen and oxygen atoms in total. The molecule has 0 radical (unpaired) electrons. The van der Waals surface area contributed by atoms with Crippen LogP contribution in [0.5, 0.6) is 0 Å². The first kappa shape index (κ1) is 15.0. The Bertz CT molecular complexity index is 697. The SMILES string of the molecule is CCN(c1cccc(F)c1)S(=O)(=O)c1cc(CO)cs1. The van der Waals surface area contributed by atoms with E-state index in [0.717, 1.165) is 15.6 Å². The highest BCUT2D eigenvalue weighted by atomic mass is 32.2. The molecule has 2 rings (SSSR count). The van der Waals surface area contributed by atoms with Crippen molar-refractivity contribution in [3.63, 3.8) is 0 Å². The Labute approximate surface area is 121 Å². The molecule has 0 bridgehead atoms. The summed E-state index contributed by atoms with van der Waals surface area (Å²) >= 11 is 1.04. The number of nitrogens with zero attached hydrogens (tertiary/aromatic N) is 1. The average molecular weight is 315 g/mol. The molecule has 0 amide bonds. The maximum absolute atomic E-state index is 13.3. The Hall–Kier alpha value is -1.44. The van der Waals surface area contributed by atoms with E-state index < -0.39 is 15.8 Å². The summed E-state index contributed by atoms with van der Waals surface area (Å²) in [7, 11) is -3.74. The lowest BCUT2D eigenvalue weighted by Crippen LogP contribution is -2.30. The quantitative estimate of drug-likeness (QED) is 0.922. The first-order valence-corrected chi connectivity index (χ1v) is 8.27. The number of aliphatic hydroxyl groups excluding tert-OH is 1. The number of hydrogen-bond acceptors (Lipinski definition) is 4. The van der Waals surface area contributed by atoms with Gasteiger partial charge in [0.2, 0.25) is 0 Å². The van der Waals surface area contributed by atoms with Gasteiger partial charge in [-0.2, -0.15) is 0 Å². The van der Waals surface area contributed by atoms with Crippen LogP contribution in [-0.4, -0.2) is 20.1 Å². The third kappa shape index (κ3) is 2.84. The first-order chi connectivity index (χ1) is 9.48. The van der Waals surface area contributed by atoms with E-state index >= 15 is 0 Å². The van der Waals surface area contributed by atoms with Crippen LogP contribution in [0.4, 0.5) is 10.1 Å². The number of rotatable bonds is 5. The molecule has 0 saturated heterocycles. The van der Waals surface area contributed by atoms with Gasteiger partial charge in [-0.15, -0.1) is 11.3 Å². The van der Waals surface area contributed by atoms with Crippen molar-refractivity contribution in [3.05, 3.63) is 47.1 Å². The average Bonchev–Trinajstić information content (AvgIpc) is 2.89. The molecule has 20 heavy (non-hydrogen) atoms. The van der Waals surface area contributed by atoms with Gasteiger partial charge >= 0.3 is 0 Å². The molecule has 0 atom stereocenters. The number of benzene rings is 1. The molecule has 1 aromatic heterocycles. The molecule has 0 saturated carbocycles. The summed E-state index contributed by atoms with van der Waals surface area (Å²) in [6.45, 7) is 1.67. The topological polar surface area (TPSA) is 57.6 Å². The van der Waals surface area contributed by atoms with Gasteiger partial charge in [-0.1, -0.05) is 6.07 Å². The predicted octanol–water partition coefficient (Wildman–Crippen LogP) is 2.59. The van der Waals surface area contributed by atoms with Crippen LogP contribution in [-0.2, 0) is 16.6 Å². The van der Waals surface area contributed by atoms with Crippen molar-refractivity contribution in [2.24, 2.45) is 0 Å². The minimum Gasteiger partial charge on any atom is -0.392 e. The van der Waals surface area contributed by atoms with Crippen LogP contribution in [0.1, 0.15) is 12.5 Å². The molecule has 1 N–H and O–H groups in total. The zero-order valence-electron chi connectivity index (χ0n) is 10.8. The van der Waals surface area contributed by atoms with Gasteiger partial charge < -0.3 is 5.11 Å². The summed E-state index contributed by atoms with van der Waals surface area (Å²) < 4.78 is 39.6. The standard InChI is InChI=1S/C13H14FNO3S2/c1-2-15(12-5-3-4-11(14)7-12)20(17,18)13-6-10(8-16)9-19-13/h3-7,9,16H,2,8H2,1H3. The van der Waals surface area contributed by atoms with Gasteiger partial charge in [-0.05, 0) is 42.1 Å². The highest BCUT2D eigenvalue weighted by Crippen LogP contribution is 2.28. The van der Waals surface area contributed by atoms with Gasteiger partial charge in [-0.3, -0.25) is 4.31 Å². The Morgan fingerprint density at radius 3 is 2.65 bits per heavy atom. The second-order valence-corrected chi connectivity index (χ2v) is 7.08. The summed E-state index contributed by atoms with van der Waals surface area (Å²) in [6, 6.07) is 6.89. The molecule has 0 aliphatic heterocycles. The van der Waals surface area contributed by atoms with Crippen LogP contribution in [0.2, 0.25) is 0 Å². The lowest BCUT2D eigenvalue weighted by Gasteiger charge is -2.21. The van der Waals surface area contributed by atoms with Gasteiger partial charge in [0.25, 0.3) is 10.0 Å². The number of thiophene rings is 1. The summed E-state index contributed by atoms with van der Waals surface area (Å²) in [5.41, 5.74) is 0.829. The maximum atomic E-state index is 13.3. The van der Waals surface area contributed by atoms with Gasteiger partial charge in [0.1, 0.15) is 10.0 Å². The molecule has 0 fully saturated rings. The van der Waals surface area contributed by atoms with E-state index in [4.69, 9.17) is 5.11 Å². The highest BCUT2D eigenvalue weighted by molar-refractivity contribution is 7.94. The summed E-state index contributed by atoms with van der Waals surface area (Å²) in [4.78, 5) is 0. The number of anilines is 1. The number of hydrogen-bond donors (Lipinski definition) is 1. The van der Waals surface area contributed by atoms with Crippen molar-refractivity contribution in [1.82, 2.24) is 0 Å². The minimum atomic E-state index is -3.74. The molecule has 0 unspecified atom stereocenters. The van der Waals surface area contributed by atoms with E-state index in [0.29, 0.717) is 5.56 Å². The molecular formula is C13H14FNO3S2. The third-order valence-corrected chi connectivity index (χ3v) is 6.11. The van der Waals surface area contributed by atoms with Crippen molar-refractivity contribution in [1.29, 1.82) is 0 Å². The van der Waals surface area contributed by atoms with Crippen molar-refractivity contribution >= 4 is 27.0 Å². The van der Waals surface area contributed by atoms with E-state index in [9.17, 15) is 12.8 Å². The molecule has 0 aliphatic rings. The fourth-order valence-electron chi connectivity index (χ4n) is 1.80. The van der Waals surface area contributed by atoms with Crippen molar-refractivity contribution in [3.8, 4) is 0 Å². The molecule has 0 spiro atoms. The van der Waals surface area contributed by atoms with Crippen molar-refractivity contribution in [2.75, 3.05) is 10.8 Å². The fourth-order valence-corrected chi connectivity index (χ4v) is 4.58. The Morgan fingerprint density at radius 2 is 2.10 bits per heavy atom. The van der Waals surface area contributed by atoms with Crippen LogP contribution >= 0.6 is 11.3 Å². The number of halogens is 1. The molecular weight excluding hydrogens is 301 g/mol.